The Hall–Kier alpha value is -5.64. The van der Waals surface area contributed by atoms with Crippen molar-refractivity contribution in [3.63, 3.8) is 0 Å². The van der Waals surface area contributed by atoms with Gasteiger partial charge < -0.3 is 9.32 Å². The highest BCUT2D eigenvalue weighted by Gasteiger charge is 2.21. The Labute approximate surface area is 263 Å². The molecule has 0 bridgehead atoms. The van der Waals surface area contributed by atoms with E-state index in [1.165, 1.54) is 52.5 Å². The van der Waals surface area contributed by atoms with Gasteiger partial charge in [0.15, 0.2) is 0 Å². The number of rotatable bonds is 3. The molecule has 0 saturated heterocycles. The molecular weight excluding hydrogens is 567 g/mol. The molecule has 0 aliphatic heterocycles. The molecule has 0 fully saturated rings. The first-order chi connectivity index (χ1) is 22.3. The number of thiophene rings is 1. The summed E-state index contributed by atoms with van der Waals surface area (Å²) in [7, 11) is 0. The normalized spacial score (nSPS) is 12.0. The second-order valence-corrected chi connectivity index (χ2v) is 12.8. The van der Waals surface area contributed by atoms with Gasteiger partial charge in [-0.15, -0.1) is 11.3 Å². The van der Waals surface area contributed by atoms with E-state index in [1.54, 1.807) is 0 Å². The van der Waals surface area contributed by atoms with Crippen molar-refractivity contribution in [3.05, 3.63) is 152 Å². The smallest absolute Gasteiger partial charge is 0.137 e. The summed E-state index contributed by atoms with van der Waals surface area (Å²) in [5, 5.41) is 12.4. The number of hydrogen-bond donors (Lipinski definition) is 0. The minimum Gasteiger partial charge on any atom is -0.456 e. The number of fused-ring (bicyclic) bond motifs is 12. The summed E-state index contributed by atoms with van der Waals surface area (Å²) in [6, 6.07) is 54.9. The van der Waals surface area contributed by atoms with E-state index in [0.29, 0.717) is 0 Å². The molecule has 10 aromatic rings. The lowest BCUT2D eigenvalue weighted by Gasteiger charge is -2.27. The molecule has 8 aromatic carbocycles. The maximum atomic E-state index is 6.41. The minimum absolute atomic E-state index is 0.887. The fourth-order valence-corrected chi connectivity index (χ4v) is 8.38. The third-order valence-electron chi connectivity index (χ3n) is 9.23. The van der Waals surface area contributed by atoms with Crippen molar-refractivity contribution in [3.8, 4) is 0 Å². The highest BCUT2D eigenvalue weighted by Crippen LogP contribution is 2.47. The van der Waals surface area contributed by atoms with Crippen molar-refractivity contribution in [2.75, 3.05) is 4.90 Å². The van der Waals surface area contributed by atoms with Crippen LogP contribution in [0.25, 0.3) is 74.4 Å². The molecule has 0 radical (unpaired) electrons. The van der Waals surface area contributed by atoms with E-state index < -0.39 is 0 Å². The van der Waals surface area contributed by atoms with Crippen molar-refractivity contribution in [1.29, 1.82) is 0 Å². The van der Waals surface area contributed by atoms with Gasteiger partial charge in [-0.25, -0.2) is 0 Å². The van der Waals surface area contributed by atoms with E-state index in [-0.39, 0.29) is 0 Å². The first-order valence-corrected chi connectivity index (χ1v) is 16.1. The lowest BCUT2D eigenvalue weighted by molar-refractivity contribution is 0.669. The molecule has 45 heavy (non-hydrogen) atoms. The maximum Gasteiger partial charge on any atom is 0.137 e. The largest absolute Gasteiger partial charge is 0.456 e. The van der Waals surface area contributed by atoms with Gasteiger partial charge in [-0.05, 0) is 80.8 Å². The molecule has 0 saturated carbocycles. The van der Waals surface area contributed by atoms with Crippen molar-refractivity contribution >= 4 is 103 Å². The van der Waals surface area contributed by atoms with Crippen molar-refractivity contribution in [2.24, 2.45) is 0 Å². The average molecular weight is 592 g/mol. The zero-order valence-corrected chi connectivity index (χ0v) is 25.0. The summed E-state index contributed by atoms with van der Waals surface area (Å²) in [6.45, 7) is 0. The standard InChI is InChI=1S/C42H25NOS/c1-2-12-30-28(10-1)29-11-3-4-13-31(29)36-24-26(20-22-32(30)36)43(27-21-23-34-33-14-5-7-17-38(33)44-39(34)25-27)37-16-9-19-41-42(37)35-15-6-8-18-40(35)45-41/h1-25H. The van der Waals surface area contributed by atoms with Crippen LogP contribution in [0.5, 0.6) is 0 Å². The Morgan fingerprint density at radius 3 is 1.67 bits per heavy atom. The van der Waals surface area contributed by atoms with Crippen LogP contribution in [0, 0.1) is 0 Å². The predicted molar refractivity (Wildman–Crippen MR) is 194 cm³/mol. The molecule has 3 heteroatoms. The van der Waals surface area contributed by atoms with Gasteiger partial charge in [0, 0.05) is 48.4 Å². The lowest BCUT2D eigenvalue weighted by atomic mass is 9.94. The van der Waals surface area contributed by atoms with Gasteiger partial charge in [-0.1, -0.05) is 97.1 Å². The summed E-state index contributed by atoms with van der Waals surface area (Å²) in [4.78, 5) is 2.41. The fourth-order valence-electron chi connectivity index (χ4n) is 7.26. The van der Waals surface area contributed by atoms with E-state index >= 15 is 0 Å². The molecule has 2 heterocycles. The third kappa shape index (κ3) is 3.62. The molecule has 0 amide bonds. The minimum atomic E-state index is 0.887. The van der Waals surface area contributed by atoms with Crippen LogP contribution in [0.2, 0.25) is 0 Å². The van der Waals surface area contributed by atoms with Gasteiger partial charge in [0.2, 0.25) is 0 Å². The second-order valence-electron chi connectivity index (χ2n) is 11.7. The highest BCUT2D eigenvalue weighted by molar-refractivity contribution is 7.26. The van der Waals surface area contributed by atoms with Gasteiger partial charge in [0.1, 0.15) is 11.2 Å². The van der Waals surface area contributed by atoms with Crippen LogP contribution in [0.3, 0.4) is 0 Å². The molecule has 10 rings (SSSR count). The van der Waals surface area contributed by atoms with Crippen LogP contribution in [0.1, 0.15) is 0 Å². The second kappa shape index (κ2) is 9.43. The Bertz CT molecular complexity index is 2750. The molecule has 0 atom stereocenters. The lowest BCUT2D eigenvalue weighted by Crippen LogP contribution is -2.10. The molecule has 210 valence electrons. The van der Waals surface area contributed by atoms with Gasteiger partial charge >= 0.3 is 0 Å². The molecular formula is C42H25NOS. The van der Waals surface area contributed by atoms with E-state index in [2.05, 4.69) is 144 Å². The Balaban J connectivity index is 1.31. The SMILES string of the molecule is c1ccc2c(c1)oc1cc(N(c3ccc4c5ccccc5c5ccccc5c4c3)c3cccc4sc5ccccc5c34)ccc12. The monoisotopic (exact) mass is 591 g/mol. The molecule has 2 nitrogen and oxygen atoms in total. The van der Waals surface area contributed by atoms with Gasteiger partial charge in [0.05, 0.1) is 5.69 Å². The molecule has 0 aliphatic carbocycles. The number of anilines is 3. The topological polar surface area (TPSA) is 16.4 Å². The zero-order chi connectivity index (χ0) is 29.5. The fraction of sp³-hybridized carbons (Fsp3) is 0. The van der Waals surface area contributed by atoms with Gasteiger partial charge in [0.25, 0.3) is 0 Å². The molecule has 0 spiro atoms. The van der Waals surface area contributed by atoms with Crippen LogP contribution in [0.4, 0.5) is 17.1 Å². The van der Waals surface area contributed by atoms with E-state index in [1.807, 2.05) is 23.5 Å². The van der Waals surface area contributed by atoms with E-state index in [4.69, 9.17) is 4.42 Å². The first-order valence-electron chi connectivity index (χ1n) is 15.3. The molecule has 0 N–H and O–H groups in total. The third-order valence-corrected chi connectivity index (χ3v) is 10.4. The number of para-hydroxylation sites is 1. The van der Waals surface area contributed by atoms with Crippen molar-refractivity contribution < 1.29 is 4.42 Å². The van der Waals surface area contributed by atoms with Gasteiger partial charge in [-0.3, -0.25) is 0 Å². The maximum absolute atomic E-state index is 6.41. The van der Waals surface area contributed by atoms with E-state index in [9.17, 15) is 0 Å². The summed E-state index contributed by atoms with van der Waals surface area (Å²) in [5.41, 5.74) is 5.13. The molecule has 0 unspecified atom stereocenters. The highest BCUT2D eigenvalue weighted by atomic mass is 32.1. The number of nitrogens with zero attached hydrogens (tertiary/aromatic N) is 1. The number of furan rings is 1. The van der Waals surface area contributed by atoms with Crippen molar-refractivity contribution in [1.82, 2.24) is 0 Å². The van der Waals surface area contributed by atoms with Crippen LogP contribution in [-0.2, 0) is 0 Å². The quantitative estimate of drug-likeness (QED) is 0.190. The Morgan fingerprint density at radius 1 is 0.378 bits per heavy atom. The summed E-state index contributed by atoms with van der Waals surface area (Å²) in [6.07, 6.45) is 0. The van der Waals surface area contributed by atoms with Crippen molar-refractivity contribution in [2.45, 2.75) is 0 Å². The predicted octanol–water partition coefficient (Wildman–Crippen LogP) is 12.9. The van der Waals surface area contributed by atoms with Crippen LogP contribution < -0.4 is 4.90 Å². The number of hydrogen-bond acceptors (Lipinski definition) is 3. The summed E-state index contributed by atoms with van der Waals surface area (Å²) < 4.78 is 8.98. The van der Waals surface area contributed by atoms with Crippen LogP contribution in [-0.4, -0.2) is 0 Å². The van der Waals surface area contributed by atoms with E-state index in [0.717, 1.165) is 39.0 Å². The zero-order valence-electron chi connectivity index (χ0n) is 24.2. The van der Waals surface area contributed by atoms with Crippen LogP contribution in [0.15, 0.2) is 156 Å². The Morgan fingerprint density at radius 2 is 0.911 bits per heavy atom. The molecule has 0 aliphatic rings. The summed E-state index contributed by atoms with van der Waals surface area (Å²) >= 11 is 1.85. The Kier molecular flexibility index (Phi) is 5.19. The molecule has 2 aromatic heterocycles. The summed E-state index contributed by atoms with van der Waals surface area (Å²) in [5.74, 6) is 0. The van der Waals surface area contributed by atoms with Crippen LogP contribution >= 0.6 is 11.3 Å². The first kappa shape index (κ1) is 24.8. The number of benzene rings is 8. The van der Waals surface area contributed by atoms with Gasteiger partial charge in [-0.2, -0.15) is 0 Å². The average Bonchev–Trinajstić information content (AvgIpc) is 3.67.